The summed E-state index contributed by atoms with van der Waals surface area (Å²) in [5, 5.41) is 9.19. The van der Waals surface area contributed by atoms with E-state index >= 15 is 0 Å². The Kier molecular flexibility index (Phi) is 5.42. The summed E-state index contributed by atoms with van der Waals surface area (Å²) in [6.45, 7) is 0. The molecule has 0 saturated heterocycles. The van der Waals surface area contributed by atoms with E-state index in [1.807, 2.05) is 59.2 Å². The Hall–Kier alpha value is -1.89. The van der Waals surface area contributed by atoms with Crippen LogP contribution in [0.5, 0.6) is 0 Å². The molecule has 2 aromatic heterocycles. The number of benzene rings is 2. The summed E-state index contributed by atoms with van der Waals surface area (Å²) < 4.78 is 1.99. The second kappa shape index (κ2) is 7.56. The Morgan fingerprint density at radius 3 is 2.32 bits per heavy atom. The van der Waals surface area contributed by atoms with Crippen molar-refractivity contribution in [2.45, 2.75) is 0 Å². The third-order valence-corrected chi connectivity index (χ3v) is 3.77. The summed E-state index contributed by atoms with van der Waals surface area (Å²) in [6.07, 6.45) is 0. The van der Waals surface area contributed by atoms with Gasteiger partial charge in [-0.3, -0.25) is 4.57 Å². The Labute approximate surface area is 184 Å². The van der Waals surface area contributed by atoms with Gasteiger partial charge in [-0.05, 0) is 36.4 Å². The topological polar surface area (TPSA) is 68.0 Å². The van der Waals surface area contributed by atoms with E-state index < -0.39 is 5.97 Å². The van der Waals surface area contributed by atoms with Crippen LogP contribution in [-0.4, -0.2) is 25.6 Å². The van der Waals surface area contributed by atoms with Crippen LogP contribution < -0.4 is 0 Å². The van der Waals surface area contributed by atoms with Gasteiger partial charge in [0.05, 0.1) is 11.0 Å². The van der Waals surface area contributed by atoms with Gasteiger partial charge in [0.1, 0.15) is 11.4 Å². The fourth-order valence-corrected chi connectivity index (χ4v) is 2.71. The molecule has 2 heterocycles. The number of aromatic nitrogens is 3. The smallest absolute Gasteiger partial charge is 0.477 e. The molecule has 4 aromatic rings. The number of hydrogen-bond acceptors (Lipinski definition) is 3. The van der Waals surface area contributed by atoms with Gasteiger partial charge in [0.25, 0.3) is 0 Å². The van der Waals surface area contributed by atoms with Crippen LogP contribution in [0.25, 0.3) is 28.2 Å². The molecule has 120 valence electrons. The number of nitrogens with zero attached hydrogens (tertiary/aromatic N) is 3. The van der Waals surface area contributed by atoms with Crippen LogP contribution in [-0.2, 0) is 0 Å². The van der Waals surface area contributed by atoms with Gasteiger partial charge in [-0.1, -0.05) is 36.4 Å². The normalized spacial score (nSPS) is 10.4. The molecule has 6 heteroatoms. The van der Waals surface area contributed by atoms with Crippen molar-refractivity contribution in [2.75, 3.05) is 0 Å². The van der Waals surface area contributed by atoms with Crippen LogP contribution in [0.15, 0.2) is 72.8 Å². The molecule has 0 aliphatic rings. The molecule has 0 bridgehead atoms. The quantitative estimate of drug-likeness (QED) is 0.498. The van der Waals surface area contributed by atoms with E-state index in [-0.39, 0.29) is 55.1 Å². The molecule has 0 fully saturated rings. The number of hydrogen-bond donors (Lipinski definition) is 1. The fourth-order valence-electron chi connectivity index (χ4n) is 2.71. The molecular formula is C19H13EuN3O2+3. The van der Waals surface area contributed by atoms with Gasteiger partial charge in [-0.15, -0.1) is 0 Å². The summed E-state index contributed by atoms with van der Waals surface area (Å²) in [4.78, 5) is 20.1. The summed E-state index contributed by atoms with van der Waals surface area (Å²) in [6, 6.07) is 22.5. The maximum atomic E-state index is 11.2. The van der Waals surface area contributed by atoms with Crippen molar-refractivity contribution in [2.24, 2.45) is 0 Å². The second-order valence-electron chi connectivity index (χ2n) is 5.31. The predicted molar refractivity (Wildman–Crippen MR) is 91.3 cm³/mol. The Balaban J connectivity index is 0.00000182. The minimum Gasteiger partial charge on any atom is -0.477 e. The third kappa shape index (κ3) is 3.42. The monoisotopic (exact) mass is 468 g/mol. The summed E-state index contributed by atoms with van der Waals surface area (Å²) in [5.74, 6) is -0.440. The van der Waals surface area contributed by atoms with Crippen LogP contribution in [0, 0.1) is 49.4 Å². The first-order valence-corrected chi connectivity index (χ1v) is 7.48. The van der Waals surface area contributed by atoms with Gasteiger partial charge >= 0.3 is 55.3 Å². The van der Waals surface area contributed by atoms with Crippen molar-refractivity contribution in [1.29, 1.82) is 0 Å². The molecular weight excluding hydrogens is 454 g/mol. The van der Waals surface area contributed by atoms with Crippen molar-refractivity contribution < 1.29 is 59.3 Å². The minimum absolute atomic E-state index is 0. The van der Waals surface area contributed by atoms with Crippen LogP contribution >= 0.6 is 0 Å². The number of imidazole rings is 1. The first-order chi connectivity index (χ1) is 11.7. The van der Waals surface area contributed by atoms with E-state index in [1.165, 1.54) is 6.07 Å². The average Bonchev–Trinajstić information content (AvgIpc) is 3.02. The summed E-state index contributed by atoms with van der Waals surface area (Å²) in [7, 11) is 0. The molecule has 0 radical (unpaired) electrons. The van der Waals surface area contributed by atoms with Crippen LogP contribution in [0.3, 0.4) is 0 Å². The zero-order chi connectivity index (χ0) is 16.5. The molecule has 0 unspecified atom stereocenters. The molecule has 0 atom stereocenters. The molecule has 0 amide bonds. The minimum atomic E-state index is -1.06. The van der Waals surface area contributed by atoms with Crippen molar-refractivity contribution in [3.8, 4) is 17.2 Å². The van der Waals surface area contributed by atoms with E-state index in [1.54, 1.807) is 12.1 Å². The van der Waals surface area contributed by atoms with E-state index in [4.69, 9.17) is 0 Å². The zero-order valence-electron chi connectivity index (χ0n) is 13.0. The van der Waals surface area contributed by atoms with Gasteiger partial charge in [0.15, 0.2) is 5.82 Å². The Morgan fingerprint density at radius 2 is 1.56 bits per heavy atom. The first kappa shape index (κ1) is 17.9. The molecule has 2 aromatic carbocycles. The van der Waals surface area contributed by atoms with Gasteiger partial charge in [0, 0.05) is 5.69 Å². The number of pyridine rings is 1. The molecule has 1 N–H and O–H groups in total. The second-order valence-corrected chi connectivity index (χ2v) is 5.31. The first-order valence-electron chi connectivity index (χ1n) is 7.48. The molecule has 4 rings (SSSR count). The number of carboxylic acids is 1. The number of carbonyl (C=O) groups is 1. The van der Waals surface area contributed by atoms with E-state index in [9.17, 15) is 9.90 Å². The maximum Gasteiger partial charge on any atom is 3.00 e. The average molecular weight is 467 g/mol. The standard InChI is InChI=1S/C19H13N3O2.Eu/c23-19(24)16-11-6-10-15(20-16)18-21-14-9-4-5-12-17(14)22(18)13-7-2-1-3-8-13;/h1-12H,(H,23,24);/q;+3. The number of aromatic carboxylic acids is 1. The zero-order valence-corrected chi connectivity index (χ0v) is 15.4. The SMILES string of the molecule is O=C(O)c1cccc(-c2nc3ccccc3n2-c2ccccc2)n1.[Eu+3]. The number of fused-ring (bicyclic) bond motifs is 1. The van der Waals surface area contributed by atoms with Crippen LogP contribution in [0.2, 0.25) is 0 Å². The van der Waals surface area contributed by atoms with E-state index in [2.05, 4.69) is 9.97 Å². The van der Waals surface area contributed by atoms with Crippen molar-refractivity contribution in [1.82, 2.24) is 14.5 Å². The Morgan fingerprint density at radius 1 is 0.840 bits per heavy atom. The molecule has 5 nitrogen and oxygen atoms in total. The third-order valence-electron chi connectivity index (χ3n) is 3.77. The van der Waals surface area contributed by atoms with Gasteiger partial charge in [0.2, 0.25) is 0 Å². The molecule has 25 heavy (non-hydrogen) atoms. The van der Waals surface area contributed by atoms with Gasteiger partial charge in [-0.25, -0.2) is 14.8 Å². The molecule has 0 aliphatic carbocycles. The number of carboxylic acid groups (broad SMARTS) is 1. The number of para-hydroxylation sites is 3. The molecule has 0 aliphatic heterocycles. The fraction of sp³-hybridized carbons (Fsp3) is 0. The van der Waals surface area contributed by atoms with Crippen molar-refractivity contribution in [3.63, 3.8) is 0 Å². The summed E-state index contributed by atoms with van der Waals surface area (Å²) >= 11 is 0. The largest absolute Gasteiger partial charge is 3.00 e. The van der Waals surface area contributed by atoms with Gasteiger partial charge in [-0.2, -0.15) is 0 Å². The van der Waals surface area contributed by atoms with E-state index in [0.717, 1.165) is 16.7 Å². The molecule has 0 saturated carbocycles. The van der Waals surface area contributed by atoms with Crippen molar-refractivity contribution >= 4 is 17.0 Å². The number of rotatable bonds is 3. The Bertz CT molecular complexity index is 1040. The summed E-state index contributed by atoms with van der Waals surface area (Å²) in [5.41, 5.74) is 3.25. The maximum absolute atomic E-state index is 11.2. The predicted octanol–water partition coefficient (Wildman–Crippen LogP) is 3.79. The van der Waals surface area contributed by atoms with E-state index in [0.29, 0.717) is 11.5 Å². The van der Waals surface area contributed by atoms with Gasteiger partial charge < -0.3 is 5.11 Å². The van der Waals surface area contributed by atoms with Crippen molar-refractivity contribution in [3.05, 3.63) is 78.5 Å². The van der Waals surface area contributed by atoms with Crippen LogP contribution in [0.1, 0.15) is 10.5 Å². The molecule has 0 spiro atoms. The van der Waals surface area contributed by atoms with Crippen LogP contribution in [0.4, 0.5) is 0 Å².